The number of rotatable bonds is 5. The second-order valence-electron chi connectivity index (χ2n) is 5.84. The SMILES string of the molecule is COc1ccc2ccc(OC)c(/C=N/NC(=O)c3cccc(C)c3)c2c1. The number of nitrogens with zero attached hydrogens (tertiary/aromatic N) is 1. The molecule has 0 bridgehead atoms. The second-order valence-corrected chi connectivity index (χ2v) is 5.84. The number of fused-ring (bicyclic) bond motifs is 1. The maximum absolute atomic E-state index is 12.2. The van der Waals surface area contributed by atoms with Crippen LogP contribution in [0.15, 0.2) is 59.7 Å². The Labute approximate surface area is 152 Å². The molecule has 0 aliphatic heterocycles. The first-order valence-electron chi connectivity index (χ1n) is 8.17. The van der Waals surface area contributed by atoms with E-state index in [9.17, 15) is 4.79 Å². The number of hydrazone groups is 1. The van der Waals surface area contributed by atoms with E-state index in [4.69, 9.17) is 9.47 Å². The Hall–Kier alpha value is -3.34. The molecule has 0 saturated carbocycles. The zero-order chi connectivity index (χ0) is 18.5. The molecule has 5 heteroatoms. The number of amides is 1. The molecule has 0 aromatic heterocycles. The van der Waals surface area contributed by atoms with Crippen LogP contribution in [0.2, 0.25) is 0 Å². The van der Waals surface area contributed by atoms with Crippen molar-refractivity contribution in [3.63, 3.8) is 0 Å². The highest BCUT2D eigenvalue weighted by molar-refractivity contribution is 6.03. The van der Waals surface area contributed by atoms with E-state index in [0.717, 1.165) is 27.6 Å². The van der Waals surface area contributed by atoms with Crippen LogP contribution in [0.5, 0.6) is 11.5 Å². The number of nitrogens with one attached hydrogen (secondary N) is 1. The molecule has 0 unspecified atom stereocenters. The number of carbonyl (C=O) groups excluding carboxylic acids is 1. The summed E-state index contributed by atoms with van der Waals surface area (Å²) in [7, 11) is 3.22. The van der Waals surface area contributed by atoms with E-state index in [0.29, 0.717) is 11.3 Å². The van der Waals surface area contributed by atoms with Crippen LogP contribution in [0.4, 0.5) is 0 Å². The predicted molar refractivity (Wildman–Crippen MR) is 103 cm³/mol. The first-order chi connectivity index (χ1) is 12.6. The summed E-state index contributed by atoms with van der Waals surface area (Å²) in [6.07, 6.45) is 1.59. The topological polar surface area (TPSA) is 59.9 Å². The van der Waals surface area contributed by atoms with Crippen molar-refractivity contribution in [2.45, 2.75) is 6.92 Å². The molecule has 0 fully saturated rings. The van der Waals surface area contributed by atoms with Crippen molar-refractivity contribution in [3.05, 3.63) is 71.3 Å². The highest BCUT2D eigenvalue weighted by Gasteiger charge is 2.09. The van der Waals surface area contributed by atoms with Crippen molar-refractivity contribution in [1.29, 1.82) is 0 Å². The van der Waals surface area contributed by atoms with Gasteiger partial charge in [0.1, 0.15) is 11.5 Å². The van der Waals surface area contributed by atoms with Gasteiger partial charge in [-0.15, -0.1) is 0 Å². The molecule has 3 aromatic rings. The van der Waals surface area contributed by atoms with Gasteiger partial charge in [0, 0.05) is 11.1 Å². The van der Waals surface area contributed by atoms with E-state index < -0.39 is 0 Å². The molecular weight excluding hydrogens is 328 g/mol. The lowest BCUT2D eigenvalue weighted by molar-refractivity contribution is 0.0955. The van der Waals surface area contributed by atoms with Crippen molar-refractivity contribution >= 4 is 22.9 Å². The minimum absolute atomic E-state index is 0.262. The van der Waals surface area contributed by atoms with E-state index >= 15 is 0 Å². The highest BCUT2D eigenvalue weighted by atomic mass is 16.5. The smallest absolute Gasteiger partial charge is 0.271 e. The molecule has 0 saturated heterocycles. The van der Waals surface area contributed by atoms with Gasteiger partial charge in [-0.2, -0.15) is 5.10 Å². The molecule has 3 aromatic carbocycles. The summed E-state index contributed by atoms with van der Waals surface area (Å²) in [5.41, 5.74) is 4.92. The molecule has 3 rings (SSSR count). The van der Waals surface area contributed by atoms with Gasteiger partial charge in [-0.1, -0.05) is 29.8 Å². The lowest BCUT2D eigenvalue weighted by Gasteiger charge is -2.10. The molecule has 0 spiro atoms. The van der Waals surface area contributed by atoms with E-state index in [2.05, 4.69) is 10.5 Å². The first-order valence-corrected chi connectivity index (χ1v) is 8.17. The van der Waals surface area contributed by atoms with Gasteiger partial charge in [0.15, 0.2) is 0 Å². The standard InChI is InChI=1S/C21H20N2O3/c1-14-5-4-6-16(11-14)21(24)23-22-13-19-18-12-17(25-2)9-7-15(18)8-10-20(19)26-3/h4-13H,1-3H3,(H,23,24)/b22-13+. The molecule has 0 radical (unpaired) electrons. The number of hydrogen-bond donors (Lipinski definition) is 1. The summed E-state index contributed by atoms with van der Waals surface area (Å²) in [6.45, 7) is 1.94. The van der Waals surface area contributed by atoms with E-state index in [1.165, 1.54) is 0 Å². The lowest BCUT2D eigenvalue weighted by Crippen LogP contribution is -2.17. The van der Waals surface area contributed by atoms with Crippen LogP contribution < -0.4 is 14.9 Å². The Kier molecular flexibility index (Phi) is 5.17. The number of ether oxygens (including phenoxy) is 2. The Morgan fingerprint density at radius 1 is 1.04 bits per heavy atom. The fraction of sp³-hybridized carbons (Fsp3) is 0.143. The van der Waals surface area contributed by atoms with Gasteiger partial charge in [0.25, 0.3) is 5.91 Å². The Morgan fingerprint density at radius 2 is 1.85 bits per heavy atom. The van der Waals surface area contributed by atoms with Crippen molar-refractivity contribution in [2.75, 3.05) is 14.2 Å². The van der Waals surface area contributed by atoms with Crippen molar-refractivity contribution < 1.29 is 14.3 Å². The first kappa shape index (κ1) is 17.5. The Bertz CT molecular complexity index is 975. The monoisotopic (exact) mass is 348 g/mol. The molecule has 132 valence electrons. The van der Waals surface area contributed by atoms with Gasteiger partial charge in [0.2, 0.25) is 0 Å². The van der Waals surface area contributed by atoms with E-state index in [1.54, 1.807) is 26.5 Å². The Balaban J connectivity index is 1.91. The number of carbonyl (C=O) groups is 1. The summed E-state index contributed by atoms with van der Waals surface area (Å²) < 4.78 is 10.7. The summed E-state index contributed by atoms with van der Waals surface area (Å²) in [5, 5.41) is 6.07. The molecule has 0 heterocycles. The zero-order valence-corrected chi connectivity index (χ0v) is 14.9. The number of methoxy groups -OCH3 is 2. The molecule has 1 amide bonds. The second kappa shape index (κ2) is 7.70. The maximum atomic E-state index is 12.2. The summed E-state index contributed by atoms with van der Waals surface area (Å²) in [4.78, 5) is 12.2. The summed E-state index contributed by atoms with van der Waals surface area (Å²) >= 11 is 0. The van der Waals surface area contributed by atoms with Crippen molar-refractivity contribution in [1.82, 2.24) is 5.43 Å². The van der Waals surface area contributed by atoms with Gasteiger partial charge >= 0.3 is 0 Å². The number of hydrogen-bond acceptors (Lipinski definition) is 4. The number of benzene rings is 3. The van der Waals surface area contributed by atoms with Gasteiger partial charge in [-0.25, -0.2) is 5.43 Å². The Morgan fingerprint density at radius 3 is 2.58 bits per heavy atom. The molecular formula is C21H20N2O3. The molecule has 26 heavy (non-hydrogen) atoms. The predicted octanol–water partition coefficient (Wildman–Crippen LogP) is 3.93. The minimum atomic E-state index is -0.262. The average Bonchev–Trinajstić information content (AvgIpc) is 2.67. The fourth-order valence-corrected chi connectivity index (χ4v) is 2.75. The zero-order valence-electron chi connectivity index (χ0n) is 14.9. The summed E-state index contributed by atoms with van der Waals surface area (Å²) in [5.74, 6) is 1.14. The van der Waals surface area contributed by atoms with Crippen LogP contribution in [-0.2, 0) is 0 Å². The summed E-state index contributed by atoms with van der Waals surface area (Å²) in [6, 6.07) is 17.0. The van der Waals surface area contributed by atoms with Crippen molar-refractivity contribution in [3.8, 4) is 11.5 Å². The molecule has 0 atom stereocenters. The minimum Gasteiger partial charge on any atom is -0.497 e. The van der Waals surface area contributed by atoms with Gasteiger partial charge < -0.3 is 9.47 Å². The lowest BCUT2D eigenvalue weighted by atomic mass is 10.0. The van der Waals surface area contributed by atoms with Crippen LogP contribution in [-0.4, -0.2) is 26.3 Å². The van der Waals surface area contributed by atoms with Crippen LogP contribution in [0.3, 0.4) is 0 Å². The average molecular weight is 348 g/mol. The van der Waals surface area contributed by atoms with E-state index in [1.807, 2.05) is 55.5 Å². The van der Waals surface area contributed by atoms with Gasteiger partial charge in [-0.05, 0) is 48.0 Å². The quantitative estimate of drug-likeness (QED) is 0.561. The van der Waals surface area contributed by atoms with E-state index in [-0.39, 0.29) is 5.91 Å². The molecule has 0 aliphatic carbocycles. The maximum Gasteiger partial charge on any atom is 0.271 e. The largest absolute Gasteiger partial charge is 0.497 e. The normalized spacial score (nSPS) is 10.9. The fourth-order valence-electron chi connectivity index (χ4n) is 2.75. The molecule has 5 nitrogen and oxygen atoms in total. The molecule has 1 N–H and O–H groups in total. The van der Waals surface area contributed by atoms with Gasteiger partial charge in [-0.3, -0.25) is 4.79 Å². The molecule has 0 aliphatic rings. The van der Waals surface area contributed by atoms with Crippen LogP contribution >= 0.6 is 0 Å². The van der Waals surface area contributed by atoms with Crippen LogP contribution in [0.25, 0.3) is 10.8 Å². The van der Waals surface area contributed by atoms with Crippen LogP contribution in [0.1, 0.15) is 21.5 Å². The third kappa shape index (κ3) is 3.67. The third-order valence-electron chi connectivity index (χ3n) is 4.09. The number of aryl methyl sites for hydroxylation is 1. The highest BCUT2D eigenvalue weighted by Crippen LogP contribution is 2.29. The van der Waals surface area contributed by atoms with Crippen molar-refractivity contribution in [2.24, 2.45) is 5.10 Å². The third-order valence-corrected chi connectivity index (χ3v) is 4.09. The van der Waals surface area contributed by atoms with Crippen LogP contribution in [0, 0.1) is 6.92 Å². The van der Waals surface area contributed by atoms with Gasteiger partial charge in [0.05, 0.1) is 20.4 Å².